The molecule has 0 saturated heterocycles. The molecule has 1 aromatic carbocycles. The van der Waals surface area contributed by atoms with Crippen molar-refractivity contribution in [2.24, 2.45) is 5.73 Å². The second-order valence-electron chi connectivity index (χ2n) is 4.11. The van der Waals surface area contributed by atoms with Crippen molar-refractivity contribution in [1.29, 1.82) is 0 Å². The summed E-state index contributed by atoms with van der Waals surface area (Å²) in [7, 11) is 0. The van der Waals surface area contributed by atoms with Gasteiger partial charge in [0.15, 0.2) is 11.5 Å². The van der Waals surface area contributed by atoms with Gasteiger partial charge < -0.3 is 20.3 Å². The van der Waals surface area contributed by atoms with E-state index in [1.54, 1.807) is 12.1 Å². The first-order valence-electron chi connectivity index (χ1n) is 5.66. The van der Waals surface area contributed by atoms with Crippen molar-refractivity contribution in [3.05, 3.63) is 22.7 Å². The number of nitrogens with two attached hydrogens (primary N) is 1. The molecule has 0 aliphatic carbocycles. The molecule has 1 aliphatic rings. The summed E-state index contributed by atoms with van der Waals surface area (Å²) in [5.41, 5.74) is 6.68. The normalized spacial score (nSPS) is 16.9. The molecule has 0 unspecified atom stereocenters. The van der Waals surface area contributed by atoms with Gasteiger partial charge in [0.05, 0.1) is 12.1 Å². The zero-order valence-electron chi connectivity index (χ0n) is 9.65. The fourth-order valence-corrected chi connectivity index (χ4v) is 2.15. The Morgan fingerprint density at radius 2 is 2.06 bits per heavy atom. The number of aliphatic hydroxyl groups excluding tert-OH is 1. The van der Waals surface area contributed by atoms with Crippen LogP contribution in [0, 0.1) is 0 Å². The smallest absolute Gasteiger partial charge is 0.231 e. The van der Waals surface area contributed by atoms with Crippen LogP contribution in [0.4, 0.5) is 0 Å². The number of aliphatic hydroxyl groups is 1. The van der Waals surface area contributed by atoms with Crippen LogP contribution >= 0.6 is 11.6 Å². The fourth-order valence-electron chi connectivity index (χ4n) is 1.87. The molecule has 0 fully saturated rings. The monoisotopic (exact) mass is 257 g/mol. The van der Waals surface area contributed by atoms with E-state index in [0.29, 0.717) is 28.5 Å². The molecular weight excluding hydrogens is 242 g/mol. The summed E-state index contributed by atoms with van der Waals surface area (Å²) in [6.45, 7) is 2.19. The van der Waals surface area contributed by atoms with Crippen molar-refractivity contribution in [2.45, 2.75) is 31.9 Å². The van der Waals surface area contributed by atoms with E-state index >= 15 is 0 Å². The van der Waals surface area contributed by atoms with Gasteiger partial charge in [0.1, 0.15) is 0 Å². The molecule has 4 nitrogen and oxygen atoms in total. The molecule has 17 heavy (non-hydrogen) atoms. The largest absolute Gasteiger partial charge is 0.454 e. The van der Waals surface area contributed by atoms with E-state index in [4.69, 9.17) is 26.8 Å². The fraction of sp³-hybridized carbons (Fsp3) is 0.500. The Kier molecular flexibility index (Phi) is 3.76. The highest BCUT2D eigenvalue weighted by Gasteiger charge is 2.23. The standard InChI is InChI=1S/C12H16ClNO3/c1-2-3-9(15)12(14)7-4-10-11(5-8(7)13)17-6-16-10/h4-5,9,12,15H,2-3,6,14H2,1H3/t9-,12+/m0/s1. The molecule has 94 valence electrons. The molecule has 1 aliphatic heterocycles. The predicted octanol–water partition coefficient (Wildman–Crippen LogP) is 2.23. The van der Waals surface area contributed by atoms with Gasteiger partial charge in [-0.2, -0.15) is 0 Å². The number of hydrogen-bond donors (Lipinski definition) is 2. The number of hydrogen-bond acceptors (Lipinski definition) is 4. The molecule has 5 heteroatoms. The Bertz CT molecular complexity index is 411. The minimum atomic E-state index is -0.599. The lowest BCUT2D eigenvalue weighted by Crippen LogP contribution is -2.26. The van der Waals surface area contributed by atoms with Gasteiger partial charge in [-0.1, -0.05) is 24.9 Å². The van der Waals surface area contributed by atoms with E-state index in [0.717, 1.165) is 6.42 Å². The quantitative estimate of drug-likeness (QED) is 0.868. The summed E-state index contributed by atoms with van der Waals surface area (Å²) in [6, 6.07) is 2.92. The molecule has 1 heterocycles. The maximum Gasteiger partial charge on any atom is 0.231 e. The van der Waals surface area contributed by atoms with Crippen LogP contribution in [-0.2, 0) is 0 Å². The Balaban J connectivity index is 2.26. The number of fused-ring (bicyclic) bond motifs is 1. The molecule has 3 N–H and O–H groups in total. The summed E-state index contributed by atoms with van der Waals surface area (Å²) >= 11 is 6.12. The van der Waals surface area contributed by atoms with E-state index in [1.807, 2.05) is 6.92 Å². The van der Waals surface area contributed by atoms with Crippen molar-refractivity contribution in [3.8, 4) is 11.5 Å². The molecule has 0 spiro atoms. The molecule has 0 aromatic heterocycles. The molecule has 0 saturated carbocycles. The topological polar surface area (TPSA) is 64.7 Å². The maximum absolute atomic E-state index is 9.89. The van der Waals surface area contributed by atoms with Gasteiger partial charge in [0.25, 0.3) is 0 Å². The van der Waals surface area contributed by atoms with Gasteiger partial charge in [0.2, 0.25) is 6.79 Å². The Labute approximate surface area is 105 Å². The Morgan fingerprint density at radius 1 is 1.41 bits per heavy atom. The van der Waals surface area contributed by atoms with Gasteiger partial charge >= 0.3 is 0 Å². The highest BCUT2D eigenvalue weighted by molar-refractivity contribution is 6.31. The first-order chi connectivity index (χ1) is 8.13. The van der Waals surface area contributed by atoms with Gasteiger partial charge in [-0.05, 0) is 18.1 Å². The lowest BCUT2D eigenvalue weighted by Gasteiger charge is -2.20. The van der Waals surface area contributed by atoms with Crippen LogP contribution in [0.25, 0.3) is 0 Å². The molecular formula is C12H16ClNO3. The molecule has 0 bridgehead atoms. The lowest BCUT2D eigenvalue weighted by atomic mass is 9.99. The van der Waals surface area contributed by atoms with Gasteiger partial charge in [-0.15, -0.1) is 0 Å². The number of benzene rings is 1. The van der Waals surface area contributed by atoms with Crippen LogP contribution in [0.5, 0.6) is 11.5 Å². The Hall–Kier alpha value is -0.970. The zero-order valence-corrected chi connectivity index (χ0v) is 10.4. The third-order valence-corrected chi connectivity index (χ3v) is 3.18. The third-order valence-electron chi connectivity index (χ3n) is 2.85. The average Bonchev–Trinajstić information content (AvgIpc) is 2.74. The van der Waals surface area contributed by atoms with Crippen LogP contribution in [-0.4, -0.2) is 18.0 Å². The van der Waals surface area contributed by atoms with Crippen molar-refractivity contribution in [2.75, 3.05) is 6.79 Å². The highest BCUT2D eigenvalue weighted by Crippen LogP contribution is 2.39. The maximum atomic E-state index is 9.89. The van der Waals surface area contributed by atoms with Crippen molar-refractivity contribution in [1.82, 2.24) is 0 Å². The van der Waals surface area contributed by atoms with Crippen LogP contribution < -0.4 is 15.2 Å². The van der Waals surface area contributed by atoms with E-state index < -0.39 is 12.1 Å². The first-order valence-corrected chi connectivity index (χ1v) is 6.04. The van der Waals surface area contributed by atoms with Crippen LogP contribution in [0.2, 0.25) is 5.02 Å². The highest BCUT2D eigenvalue weighted by atomic mass is 35.5. The summed E-state index contributed by atoms with van der Waals surface area (Å²) in [4.78, 5) is 0. The third kappa shape index (κ3) is 2.49. The van der Waals surface area contributed by atoms with Crippen LogP contribution in [0.1, 0.15) is 31.4 Å². The predicted molar refractivity (Wildman–Crippen MR) is 65.4 cm³/mol. The summed E-state index contributed by atoms with van der Waals surface area (Å²) in [6.07, 6.45) is 0.918. The van der Waals surface area contributed by atoms with Crippen LogP contribution in [0.3, 0.4) is 0 Å². The van der Waals surface area contributed by atoms with E-state index in [-0.39, 0.29) is 6.79 Å². The van der Waals surface area contributed by atoms with E-state index in [9.17, 15) is 5.11 Å². The molecule has 2 rings (SSSR count). The SMILES string of the molecule is CCC[C@H](O)[C@H](N)c1cc2c(cc1Cl)OCO2. The zero-order chi connectivity index (χ0) is 12.4. The Morgan fingerprint density at radius 3 is 2.71 bits per heavy atom. The van der Waals surface area contributed by atoms with Crippen molar-refractivity contribution in [3.63, 3.8) is 0 Å². The summed E-state index contributed by atoms with van der Waals surface area (Å²) < 4.78 is 10.5. The first kappa shape index (κ1) is 12.5. The minimum Gasteiger partial charge on any atom is -0.454 e. The molecule has 0 amide bonds. The van der Waals surface area contributed by atoms with Crippen molar-refractivity contribution < 1.29 is 14.6 Å². The van der Waals surface area contributed by atoms with E-state index in [2.05, 4.69) is 0 Å². The lowest BCUT2D eigenvalue weighted by molar-refractivity contribution is 0.134. The number of ether oxygens (including phenoxy) is 2. The van der Waals surface area contributed by atoms with Gasteiger partial charge in [0, 0.05) is 11.1 Å². The molecule has 0 radical (unpaired) electrons. The second-order valence-corrected chi connectivity index (χ2v) is 4.52. The minimum absolute atomic E-state index is 0.196. The molecule has 2 atom stereocenters. The number of halogens is 1. The van der Waals surface area contributed by atoms with E-state index in [1.165, 1.54) is 0 Å². The molecule has 1 aromatic rings. The van der Waals surface area contributed by atoms with Gasteiger partial charge in [-0.25, -0.2) is 0 Å². The van der Waals surface area contributed by atoms with Crippen LogP contribution in [0.15, 0.2) is 12.1 Å². The second kappa shape index (κ2) is 5.12. The van der Waals surface area contributed by atoms with Gasteiger partial charge in [-0.3, -0.25) is 0 Å². The average molecular weight is 258 g/mol. The van der Waals surface area contributed by atoms with Crippen molar-refractivity contribution >= 4 is 11.6 Å². The summed E-state index contributed by atoms with van der Waals surface area (Å²) in [5, 5.41) is 10.4. The number of rotatable bonds is 4. The summed E-state index contributed by atoms with van der Waals surface area (Å²) in [5.74, 6) is 1.25.